The first-order valence-corrected chi connectivity index (χ1v) is 9.78. The van der Waals surface area contributed by atoms with Gasteiger partial charge in [-0.1, -0.05) is 50.2 Å². The van der Waals surface area contributed by atoms with Crippen molar-refractivity contribution >= 4 is 11.6 Å². The van der Waals surface area contributed by atoms with Crippen LogP contribution < -0.4 is 4.90 Å². The van der Waals surface area contributed by atoms with E-state index in [2.05, 4.69) is 61.2 Å². The Labute approximate surface area is 166 Å². The summed E-state index contributed by atoms with van der Waals surface area (Å²) in [6, 6.07) is 22.0. The lowest BCUT2D eigenvalue weighted by Crippen LogP contribution is -2.50. The van der Waals surface area contributed by atoms with Gasteiger partial charge in [0.1, 0.15) is 6.26 Å². The first-order chi connectivity index (χ1) is 13.6. The van der Waals surface area contributed by atoms with Gasteiger partial charge in [-0.05, 0) is 41.3 Å². The van der Waals surface area contributed by atoms with Crippen LogP contribution in [0.4, 0.5) is 5.69 Å². The van der Waals surface area contributed by atoms with Crippen molar-refractivity contribution in [2.45, 2.75) is 25.8 Å². The Morgan fingerprint density at radius 3 is 2.68 bits per heavy atom. The fourth-order valence-corrected chi connectivity index (χ4v) is 3.79. The topological polar surface area (TPSA) is 36.7 Å². The van der Waals surface area contributed by atoms with Gasteiger partial charge in [0, 0.05) is 25.3 Å². The number of carbonyl (C=O) groups is 1. The summed E-state index contributed by atoms with van der Waals surface area (Å²) in [4.78, 5) is 17.2. The minimum Gasteiger partial charge on any atom is -0.472 e. The lowest BCUT2D eigenvalue weighted by Gasteiger charge is -2.43. The van der Waals surface area contributed by atoms with Crippen LogP contribution in [-0.4, -0.2) is 30.4 Å². The summed E-state index contributed by atoms with van der Waals surface area (Å²) in [7, 11) is 0. The quantitative estimate of drug-likeness (QED) is 0.652. The highest BCUT2D eigenvalue weighted by Gasteiger charge is 2.31. The fourth-order valence-electron chi connectivity index (χ4n) is 3.79. The van der Waals surface area contributed by atoms with Crippen molar-refractivity contribution in [3.8, 4) is 0 Å². The number of nitrogens with zero attached hydrogens (tertiary/aromatic N) is 2. The van der Waals surface area contributed by atoms with E-state index in [-0.39, 0.29) is 11.9 Å². The number of furan rings is 1. The van der Waals surface area contributed by atoms with Crippen LogP contribution in [0.25, 0.3) is 0 Å². The number of amides is 1. The summed E-state index contributed by atoms with van der Waals surface area (Å²) in [5.74, 6) is 0.456. The number of carbonyl (C=O) groups excluding carboxylic acids is 1. The average molecular weight is 373 g/mol. The van der Waals surface area contributed by atoms with E-state index in [1.165, 1.54) is 23.1 Å². The fraction of sp³-hybridized carbons (Fsp3) is 0.292. The molecule has 1 aromatic heterocycles. The number of hydrogen-bond donors (Lipinski definition) is 0. The Morgan fingerprint density at radius 2 is 1.96 bits per heavy atom. The third kappa shape index (κ3) is 3.68. The van der Waals surface area contributed by atoms with Crippen LogP contribution >= 0.6 is 0 Å². The molecule has 1 atom stereocenters. The van der Waals surface area contributed by atoms with Crippen molar-refractivity contribution in [2.75, 3.05) is 24.5 Å². The number of anilines is 1. The number of benzene rings is 2. The van der Waals surface area contributed by atoms with Crippen molar-refractivity contribution in [1.82, 2.24) is 4.90 Å². The summed E-state index contributed by atoms with van der Waals surface area (Å²) in [5, 5.41) is 0. The van der Waals surface area contributed by atoms with E-state index in [9.17, 15) is 4.79 Å². The first kappa shape index (κ1) is 18.4. The Bertz CT molecular complexity index is 919. The Morgan fingerprint density at radius 1 is 1.14 bits per heavy atom. The summed E-state index contributed by atoms with van der Waals surface area (Å²) in [6.45, 7) is 6.48. The second-order valence-electron chi connectivity index (χ2n) is 7.54. The summed E-state index contributed by atoms with van der Waals surface area (Å²) in [5.41, 5.74) is 4.22. The molecule has 2 heterocycles. The van der Waals surface area contributed by atoms with Gasteiger partial charge in [-0.15, -0.1) is 0 Å². The molecular formula is C24H25N2O2. The highest BCUT2D eigenvalue weighted by atomic mass is 16.3. The van der Waals surface area contributed by atoms with Gasteiger partial charge < -0.3 is 14.2 Å². The van der Waals surface area contributed by atoms with Gasteiger partial charge in [0.2, 0.25) is 0 Å². The molecule has 4 rings (SSSR count). The van der Waals surface area contributed by atoms with E-state index in [1.807, 2.05) is 17.0 Å². The number of piperazine rings is 1. The van der Waals surface area contributed by atoms with E-state index in [1.54, 1.807) is 12.3 Å². The molecule has 1 aliphatic heterocycles. The molecule has 1 aliphatic rings. The molecule has 0 spiro atoms. The third-order valence-electron chi connectivity index (χ3n) is 5.38. The van der Waals surface area contributed by atoms with Crippen LogP contribution in [0.3, 0.4) is 0 Å². The zero-order chi connectivity index (χ0) is 19.5. The van der Waals surface area contributed by atoms with Crippen LogP contribution in [0.2, 0.25) is 0 Å². The van der Waals surface area contributed by atoms with Gasteiger partial charge in [0.25, 0.3) is 5.91 Å². The normalized spacial score (nSPS) is 17.2. The van der Waals surface area contributed by atoms with E-state index in [4.69, 9.17) is 4.42 Å². The molecule has 3 aromatic rings. The van der Waals surface area contributed by atoms with Crippen LogP contribution in [0.5, 0.6) is 0 Å². The second kappa shape index (κ2) is 7.93. The largest absolute Gasteiger partial charge is 0.472 e. The minimum atomic E-state index is 0.0265. The van der Waals surface area contributed by atoms with E-state index in [0.717, 1.165) is 6.54 Å². The molecule has 4 nitrogen and oxygen atoms in total. The zero-order valence-electron chi connectivity index (χ0n) is 16.3. The molecule has 143 valence electrons. The van der Waals surface area contributed by atoms with Crippen LogP contribution in [0.15, 0.2) is 71.5 Å². The maximum absolute atomic E-state index is 12.9. The molecule has 0 saturated carbocycles. The number of hydrogen-bond acceptors (Lipinski definition) is 3. The van der Waals surface area contributed by atoms with Gasteiger partial charge in [0.05, 0.1) is 17.9 Å². The monoisotopic (exact) mass is 373 g/mol. The van der Waals surface area contributed by atoms with E-state index >= 15 is 0 Å². The van der Waals surface area contributed by atoms with Crippen molar-refractivity contribution in [2.24, 2.45) is 0 Å². The SMILES string of the molecule is CC(C)c1[c]ccc(N2CCN(C(=O)c3ccoc3)CC2c2ccccc2)c1. The summed E-state index contributed by atoms with van der Waals surface area (Å²) in [6.07, 6.45) is 3.07. The Hall–Kier alpha value is -3.01. The van der Waals surface area contributed by atoms with Crippen molar-refractivity contribution < 1.29 is 9.21 Å². The predicted molar refractivity (Wildman–Crippen MR) is 111 cm³/mol. The standard InChI is InChI=1S/C24H25N2O2/c1-18(2)20-9-6-10-22(15-20)26-13-12-25(24(27)21-11-14-28-17-21)16-23(26)19-7-4-3-5-8-19/h3-8,10-11,14-15,17-18,23H,12-13,16H2,1-2H3. The van der Waals surface area contributed by atoms with Gasteiger partial charge >= 0.3 is 0 Å². The molecule has 28 heavy (non-hydrogen) atoms. The maximum atomic E-state index is 12.9. The van der Waals surface area contributed by atoms with E-state index in [0.29, 0.717) is 24.6 Å². The molecule has 0 N–H and O–H groups in total. The zero-order valence-corrected chi connectivity index (χ0v) is 16.3. The molecule has 1 radical (unpaired) electrons. The average Bonchev–Trinajstić information content (AvgIpc) is 3.28. The molecule has 4 heteroatoms. The second-order valence-corrected chi connectivity index (χ2v) is 7.54. The molecule has 1 amide bonds. The Kier molecular flexibility index (Phi) is 5.20. The van der Waals surface area contributed by atoms with Crippen molar-refractivity contribution in [3.05, 3.63) is 89.9 Å². The lowest BCUT2D eigenvalue weighted by molar-refractivity contribution is 0.0721. The molecule has 0 aliphatic carbocycles. The van der Waals surface area contributed by atoms with Gasteiger partial charge in [-0.3, -0.25) is 4.79 Å². The predicted octanol–water partition coefficient (Wildman–Crippen LogP) is 4.91. The van der Waals surface area contributed by atoms with Gasteiger partial charge in [-0.2, -0.15) is 0 Å². The minimum absolute atomic E-state index is 0.0265. The van der Waals surface area contributed by atoms with E-state index < -0.39 is 0 Å². The maximum Gasteiger partial charge on any atom is 0.257 e. The lowest BCUT2D eigenvalue weighted by atomic mass is 9.98. The molecular weight excluding hydrogens is 348 g/mol. The molecule has 0 bridgehead atoms. The molecule has 1 fully saturated rings. The summed E-state index contributed by atoms with van der Waals surface area (Å²) < 4.78 is 5.10. The van der Waals surface area contributed by atoms with Crippen LogP contribution in [-0.2, 0) is 0 Å². The molecule has 2 aromatic carbocycles. The first-order valence-electron chi connectivity index (χ1n) is 9.78. The van der Waals surface area contributed by atoms with Crippen molar-refractivity contribution in [1.29, 1.82) is 0 Å². The van der Waals surface area contributed by atoms with Crippen LogP contribution in [0.1, 0.15) is 47.3 Å². The third-order valence-corrected chi connectivity index (χ3v) is 5.38. The molecule has 1 saturated heterocycles. The number of rotatable bonds is 4. The Balaban J connectivity index is 1.65. The molecule has 1 unspecified atom stereocenters. The van der Waals surface area contributed by atoms with Gasteiger partial charge in [0.15, 0.2) is 0 Å². The van der Waals surface area contributed by atoms with Crippen molar-refractivity contribution in [3.63, 3.8) is 0 Å². The summed E-state index contributed by atoms with van der Waals surface area (Å²) >= 11 is 0. The highest BCUT2D eigenvalue weighted by molar-refractivity contribution is 5.94. The smallest absolute Gasteiger partial charge is 0.257 e. The highest BCUT2D eigenvalue weighted by Crippen LogP contribution is 2.32. The van der Waals surface area contributed by atoms with Crippen LogP contribution in [0, 0.1) is 6.07 Å². The van der Waals surface area contributed by atoms with Gasteiger partial charge in [-0.25, -0.2) is 0 Å².